The number of likely N-dealkylation sites (N-methyl/N-ethyl adjacent to an activating group) is 1. The third-order valence-corrected chi connectivity index (χ3v) is 16.9. The number of carbonyl (C=O) groups is 5. The smallest absolute Gasteiger partial charge is 0.316 e. The first-order chi connectivity index (χ1) is 40.0. The van der Waals surface area contributed by atoms with Crippen LogP contribution < -0.4 is 10.2 Å². The van der Waals surface area contributed by atoms with Crippen LogP contribution in [0.3, 0.4) is 0 Å². The van der Waals surface area contributed by atoms with Crippen LogP contribution in [0.15, 0.2) is 73.1 Å². The number of phenols is 2. The van der Waals surface area contributed by atoms with Crippen LogP contribution in [0.1, 0.15) is 134 Å². The number of carbonyl (C=O) groups excluding carboxylic acids is 5. The van der Waals surface area contributed by atoms with Gasteiger partial charge in [0.25, 0.3) is 0 Å². The van der Waals surface area contributed by atoms with E-state index in [1.807, 2.05) is 68.4 Å². The summed E-state index contributed by atoms with van der Waals surface area (Å²) in [4.78, 5) is 80.3. The number of aliphatic hydroxyl groups is 2. The van der Waals surface area contributed by atoms with Crippen molar-refractivity contribution < 1.29 is 77.6 Å². The number of nitrogens with zero attached hydrogens (tertiary/aromatic N) is 4. The molecular weight excluding hydrogens is 1120 g/mol. The maximum Gasteiger partial charge on any atom is 0.316 e. The number of esters is 1. The Morgan fingerprint density at radius 1 is 0.847 bits per heavy atom. The van der Waals surface area contributed by atoms with Crippen molar-refractivity contribution in [3.05, 3.63) is 112 Å². The Hall–Kier alpha value is -6.96. The van der Waals surface area contributed by atoms with Crippen molar-refractivity contribution in [1.82, 2.24) is 19.9 Å². The fourth-order valence-electron chi connectivity index (χ4n) is 12.3. The minimum atomic E-state index is -1.76. The number of aromatic hydroxyl groups is 2. The summed E-state index contributed by atoms with van der Waals surface area (Å²) in [6.45, 7) is 10.5. The quantitative estimate of drug-likeness (QED) is 0.0638. The van der Waals surface area contributed by atoms with Gasteiger partial charge >= 0.3 is 5.97 Å². The van der Waals surface area contributed by atoms with Gasteiger partial charge in [0.05, 0.1) is 76.8 Å². The van der Waals surface area contributed by atoms with Crippen LogP contribution in [0.4, 0.5) is 17.1 Å². The first kappa shape index (κ1) is 62.6. The lowest BCUT2D eigenvalue weighted by Gasteiger charge is -2.48. The monoisotopic (exact) mass is 1190 g/mol. The molecule has 85 heavy (non-hydrogen) atoms. The van der Waals surface area contributed by atoms with Crippen LogP contribution in [0.5, 0.6) is 11.5 Å². The van der Waals surface area contributed by atoms with E-state index in [2.05, 4.69) is 20.3 Å². The van der Waals surface area contributed by atoms with Crippen molar-refractivity contribution in [1.29, 1.82) is 0 Å². The number of ketones is 3. The summed E-state index contributed by atoms with van der Waals surface area (Å²) in [5, 5.41) is 50.3. The van der Waals surface area contributed by atoms with Gasteiger partial charge in [0.1, 0.15) is 35.7 Å². The average molecular weight is 1190 g/mol. The highest BCUT2D eigenvalue weighted by atomic mass is 35.5. The lowest BCUT2D eigenvalue weighted by molar-refractivity contribution is -0.324. The number of hydrogen-bond acceptors (Lipinski definition) is 20. The fourth-order valence-corrected chi connectivity index (χ4v) is 12.3. The molecule has 6 aromatic rings. The number of phenolic OH excluding ortho intramolecular Hbond substituents is 2. The van der Waals surface area contributed by atoms with Crippen molar-refractivity contribution in [2.75, 3.05) is 38.5 Å². The van der Waals surface area contributed by atoms with Crippen molar-refractivity contribution in [2.45, 2.75) is 159 Å². The van der Waals surface area contributed by atoms with Crippen molar-refractivity contribution in [2.24, 2.45) is 0 Å². The number of fused-ring (bicyclic) bond motifs is 6. The predicted molar refractivity (Wildman–Crippen MR) is 313 cm³/mol. The molecule has 3 fully saturated rings. The summed E-state index contributed by atoms with van der Waals surface area (Å²) in [5.41, 5.74) is 3.99. The van der Waals surface area contributed by atoms with Gasteiger partial charge < -0.3 is 73.7 Å². The van der Waals surface area contributed by atoms with Gasteiger partial charge in [0.2, 0.25) is 11.7 Å². The molecule has 6 N–H and O–H groups in total. The Kier molecular flexibility index (Phi) is 18.5. The minimum Gasteiger partial charge on any atom is -0.507 e. The molecule has 0 unspecified atom stereocenters. The van der Waals surface area contributed by atoms with Crippen molar-refractivity contribution in [3.8, 4) is 11.5 Å². The number of amides is 1. The van der Waals surface area contributed by atoms with E-state index in [1.165, 1.54) is 31.4 Å². The Morgan fingerprint density at radius 2 is 1.53 bits per heavy atom. The number of H-pyrrole nitrogens is 1. The number of halogens is 1. The second-order valence-corrected chi connectivity index (χ2v) is 22.6. The van der Waals surface area contributed by atoms with E-state index < -0.39 is 102 Å². The standard InChI is InChI=1S/C42H53NO15.C20H19N5O.ClH/c1-8-42(51)17-28(33-22(35(42)41(50)52-7)14-23-34(38(33)49)37(48)32-21(36(23)47)10-9-11-26(32)45)56-30-15-24(43(5)6)39(19(3)54-30)58-31-16-27(46)40(20(4)55-31)57-29-13-12-25(44)18(2)53-29;1-12-10-18(19-16(23-12)8-9-17-20(19)22-11-21-17)24-14-4-6-15(7-5-14)25(3)13(2)26;/h9-11,14,18-20,24,27-31,35,39-40,45-46,49,51H,8,12-13,15-17H2,1-7H3;4-11H,1-3H3,(H,21,22)(H,23,24);1H/t18-,19-,20-,24-,27-,28-,29-,30-,31-,35-,39+,40+,42+;;/m0../s1. The summed E-state index contributed by atoms with van der Waals surface area (Å²) in [6, 6.07) is 18.9. The van der Waals surface area contributed by atoms with E-state index in [-0.39, 0.29) is 89.2 Å². The number of benzene rings is 4. The number of aliphatic hydroxyl groups excluding tert-OH is 1. The Bertz CT molecular complexity index is 3510. The molecule has 0 saturated carbocycles. The zero-order chi connectivity index (χ0) is 60.2. The number of aromatic amines is 1. The van der Waals surface area contributed by atoms with E-state index in [0.29, 0.717) is 12.8 Å². The summed E-state index contributed by atoms with van der Waals surface area (Å²) in [6.07, 6.45) is -4.95. The predicted octanol–water partition coefficient (Wildman–Crippen LogP) is 7.73. The average Bonchev–Trinajstić information content (AvgIpc) is 1.19. The Labute approximate surface area is 497 Å². The molecule has 23 heteroatoms. The van der Waals surface area contributed by atoms with E-state index in [0.717, 1.165) is 44.7 Å². The molecule has 22 nitrogen and oxygen atoms in total. The number of hydrogen-bond donors (Lipinski definition) is 6. The molecule has 1 amide bonds. The second kappa shape index (κ2) is 25.2. The van der Waals surface area contributed by atoms with Gasteiger partial charge in [-0.3, -0.25) is 29.0 Å². The number of ether oxygens (including phenoxy) is 7. The molecule has 454 valence electrons. The third-order valence-electron chi connectivity index (χ3n) is 16.9. The molecule has 11 rings (SSSR count). The lowest BCUT2D eigenvalue weighted by Crippen LogP contribution is -2.58. The molecule has 0 radical (unpaired) electrons. The number of anilines is 3. The van der Waals surface area contributed by atoms with Crippen LogP contribution >= 0.6 is 12.4 Å². The maximum atomic E-state index is 13.9. The number of imidazole rings is 1. The summed E-state index contributed by atoms with van der Waals surface area (Å²) < 4.78 is 42.6. The zero-order valence-corrected chi connectivity index (χ0v) is 49.8. The van der Waals surface area contributed by atoms with Gasteiger partial charge in [-0.1, -0.05) is 19.1 Å². The number of pyridine rings is 1. The topological polar surface area (TPSA) is 291 Å². The van der Waals surface area contributed by atoms with Crippen molar-refractivity contribution >= 4 is 80.6 Å². The first-order valence-electron chi connectivity index (χ1n) is 28.3. The number of aryl methyl sites for hydroxylation is 1. The molecule has 3 aliphatic heterocycles. The Morgan fingerprint density at radius 3 is 2.19 bits per heavy atom. The number of aromatic nitrogens is 3. The van der Waals surface area contributed by atoms with Gasteiger partial charge in [-0.25, -0.2) is 4.98 Å². The molecule has 5 heterocycles. The largest absolute Gasteiger partial charge is 0.507 e. The maximum absolute atomic E-state index is 13.9. The molecule has 2 aliphatic carbocycles. The minimum absolute atomic E-state index is 0. The molecule has 4 aromatic carbocycles. The number of methoxy groups -OCH3 is 1. The highest BCUT2D eigenvalue weighted by Crippen LogP contribution is 2.54. The van der Waals surface area contributed by atoms with Crippen LogP contribution in [0.2, 0.25) is 0 Å². The molecule has 0 bridgehead atoms. The van der Waals surface area contributed by atoms with Crippen LogP contribution in [0.25, 0.3) is 21.9 Å². The lowest BCUT2D eigenvalue weighted by atomic mass is 9.67. The number of nitrogens with one attached hydrogen (secondary N) is 2. The fraction of sp³-hybridized carbons (Fsp3) is 0.468. The second-order valence-electron chi connectivity index (χ2n) is 22.6. The van der Waals surface area contributed by atoms with Gasteiger partial charge in [-0.15, -0.1) is 12.4 Å². The third kappa shape index (κ3) is 12.1. The molecule has 5 aliphatic rings. The highest BCUT2D eigenvalue weighted by molar-refractivity contribution is 6.30. The number of rotatable bonds is 12. The highest BCUT2D eigenvalue weighted by Gasteiger charge is 2.54. The van der Waals surface area contributed by atoms with Crippen LogP contribution in [-0.4, -0.2) is 165 Å². The molecule has 2 aromatic heterocycles. The van der Waals surface area contributed by atoms with E-state index in [4.69, 9.17) is 33.2 Å². The van der Waals surface area contributed by atoms with Crippen LogP contribution in [0, 0.1) is 6.92 Å². The zero-order valence-electron chi connectivity index (χ0n) is 49.0. The van der Waals surface area contributed by atoms with Gasteiger partial charge in [0.15, 0.2) is 30.4 Å². The normalized spacial score (nSPS) is 28.1. The summed E-state index contributed by atoms with van der Waals surface area (Å²) in [5.74, 6) is -4.59. The number of Topliss-reactive ketones (excluding diaryl/α,β-unsaturated/α-hetero) is 1. The SMILES string of the molecule is CC(=O)N(C)c1ccc(Nc2cc(C)nc3ccc4nc[nH]c4c23)cc1.CC[C@@]1(O)C[C@H](O[C@H]2C[C@H](N(C)C)[C@H](O[C@H]3C[C@H](O)[C@H](O[C@H]4CCC(=O)[C@H](C)O4)[C@H](C)O3)[C@H](C)O2)c2c(cc3c(c2O)C(=O)c2c(O)cccc2C3=O)[C@H]1C(=O)OC.Cl. The van der Waals surface area contributed by atoms with Gasteiger partial charge in [-0.2, -0.15) is 0 Å². The molecule has 0 spiro atoms. The molecule has 3 saturated heterocycles. The van der Waals surface area contributed by atoms with E-state index in [9.17, 15) is 44.4 Å². The molecular formula is C62H73ClN6O16. The first-order valence-corrected chi connectivity index (χ1v) is 28.3. The molecule has 13 atom stereocenters. The van der Waals surface area contributed by atoms with E-state index in [1.54, 1.807) is 52.9 Å². The summed E-state index contributed by atoms with van der Waals surface area (Å²) in [7, 11) is 6.68. The Balaban J connectivity index is 0.000000266. The van der Waals surface area contributed by atoms with Gasteiger partial charge in [-0.05, 0) is 108 Å². The van der Waals surface area contributed by atoms with E-state index >= 15 is 0 Å². The van der Waals surface area contributed by atoms with Crippen LogP contribution in [-0.2, 0) is 47.5 Å². The summed E-state index contributed by atoms with van der Waals surface area (Å²) >= 11 is 0. The van der Waals surface area contributed by atoms with Gasteiger partial charge in [0, 0.05) is 91.3 Å². The van der Waals surface area contributed by atoms with Crippen molar-refractivity contribution in [3.63, 3.8) is 0 Å².